The SMILES string of the molecule is Cc1cc(S(=O)(=O)Nc2ncnn2C)ccc1C#CCO. The van der Waals surface area contributed by atoms with Crippen LogP contribution in [0.5, 0.6) is 0 Å². The largest absolute Gasteiger partial charge is 0.384 e. The van der Waals surface area contributed by atoms with Crippen LogP contribution >= 0.6 is 0 Å². The molecule has 0 amide bonds. The zero-order valence-corrected chi connectivity index (χ0v) is 12.3. The van der Waals surface area contributed by atoms with Crippen LogP contribution in [0.1, 0.15) is 11.1 Å². The lowest BCUT2D eigenvalue weighted by Gasteiger charge is -2.08. The summed E-state index contributed by atoms with van der Waals surface area (Å²) in [5.41, 5.74) is 1.37. The van der Waals surface area contributed by atoms with Crippen molar-refractivity contribution in [3.63, 3.8) is 0 Å². The summed E-state index contributed by atoms with van der Waals surface area (Å²) in [4.78, 5) is 3.93. The Morgan fingerprint density at radius 1 is 1.43 bits per heavy atom. The van der Waals surface area contributed by atoms with Gasteiger partial charge >= 0.3 is 0 Å². The van der Waals surface area contributed by atoms with Gasteiger partial charge in [0.25, 0.3) is 10.0 Å². The predicted octanol–water partition coefficient (Wildman–Crippen LogP) is 0.268. The lowest BCUT2D eigenvalue weighted by molar-refractivity contribution is 0.350. The van der Waals surface area contributed by atoms with E-state index >= 15 is 0 Å². The third-order valence-corrected chi connectivity index (χ3v) is 4.07. The van der Waals surface area contributed by atoms with E-state index in [1.54, 1.807) is 20.0 Å². The molecule has 1 heterocycles. The van der Waals surface area contributed by atoms with Gasteiger partial charge in [0.15, 0.2) is 0 Å². The monoisotopic (exact) mass is 306 g/mol. The second-order valence-electron chi connectivity index (χ2n) is 4.25. The molecular weight excluding hydrogens is 292 g/mol. The number of aromatic nitrogens is 3. The molecule has 1 aromatic carbocycles. The van der Waals surface area contributed by atoms with E-state index in [0.717, 1.165) is 0 Å². The van der Waals surface area contributed by atoms with E-state index in [9.17, 15) is 8.42 Å². The van der Waals surface area contributed by atoms with E-state index in [0.29, 0.717) is 11.1 Å². The zero-order chi connectivity index (χ0) is 15.5. The first-order valence-corrected chi connectivity index (χ1v) is 7.49. The molecule has 2 aromatic rings. The first-order chi connectivity index (χ1) is 9.94. The minimum Gasteiger partial charge on any atom is -0.384 e. The summed E-state index contributed by atoms with van der Waals surface area (Å²) >= 11 is 0. The highest BCUT2D eigenvalue weighted by molar-refractivity contribution is 7.92. The molecule has 21 heavy (non-hydrogen) atoms. The number of aryl methyl sites for hydroxylation is 2. The maximum absolute atomic E-state index is 12.3. The van der Waals surface area contributed by atoms with Crippen molar-refractivity contribution >= 4 is 16.0 Å². The quantitative estimate of drug-likeness (QED) is 0.793. The predicted molar refractivity (Wildman–Crippen MR) is 77.0 cm³/mol. The standard InChI is InChI=1S/C13H14N4O3S/c1-10-8-12(6-5-11(10)4-3-7-18)21(19,20)16-13-14-9-15-17(13)2/h5-6,8-9,18H,7H2,1-2H3,(H,14,15,16). The van der Waals surface area contributed by atoms with Crippen LogP contribution in [-0.2, 0) is 17.1 Å². The number of hydrogen-bond donors (Lipinski definition) is 2. The number of aliphatic hydroxyl groups is 1. The molecule has 0 unspecified atom stereocenters. The summed E-state index contributed by atoms with van der Waals surface area (Å²) in [5, 5.41) is 12.5. The van der Waals surface area contributed by atoms with Crippen molar-refractivity contribution in [3.05, 3.63) is 35.7 Å². The Hall–Kier alpha value is -2.37. The molecule has 0 radical (unpaired) electrons. The molecule has 110 valence electrons. The third kappa shape index (κ3) is 3.39. The van der Waals surface area contributed by atoms with Crippen molar-refractivity contribution in [2.75, 3.05) is 11.3 Å². The van der Waals surface area contributed by atoms with Crippen molar-refractivity contribution in [2.45, 2.75) is 11.8 Å². The van der Waals surface area contributed by atoms with E-state index in [2.05, 4.69) is 26.6 Å². The Bertz CT molecular complexity index is 815. The Morgan fingerprint density at radius 2 is 2.19 bits per heavy atom. The Kier molecular flexibility index (Phi) is 4.26. The number of nitrogens with zero attached hydrogens (tertiary/aromatic N) is 3. The molecule has 0 saturated heterocycles. The van der Waals surface area contributed by atoms with Gasteiger partial charge in [-0.1, -0.05) is 11.8 Å². The first kappa shape index (κ1) is 15.0. The van der Waals surface area contributed by atoms with Crippen LogP contribution in [0.3, 0.4) is 0 Å². The summed E-state index contributed by atoms with van der Waals surface area (Å²) in [6.45, 7) is 1.51. The minimum absolute atomic E-state index is 0.109. The zero-order valence-electron chi connectivity index (χ0n) is 11.5. The smallest absolute Gasteiger partial charge is 0.264 e. The molecule has 0 spiro atoms. The van der Waals surface area contributed by atoms with Crippen LogP contribution in [0, 0.1) is 18.8 Å². The molecule has 0 atom stereocenters. The summed E-state index contributed by atoms with van der Waals surface area (Å²) in [5.74, 6) is 5.42. The van der Waals surface area contributed by atoms with Gasteiger partial charge in [-0.25, -0.2) is 17.8 Å². The van der Waals surface area contributed by atoms with Crippen LogP contribution in [0.25, 0.3) is 0 Å². The van der Waals surface area contributed by atoms with Crippen LogP contribution in [0.15, 0.2) is 29.4 Å². The second kappa shape index (κ2) is 5.95. The molecule has 8 heteroatoms. The van der Waals surface area contributed by atoms with Gasteiger partial charge in [0.2, 0.25) is 5.95 Å². The van der Waals surface area contributed by atoms with Gasteiger partial charge in [-0.15, -0.1) is 0 Å². The van der Waals surface area contributed by atoms with Crippen LogP contribution < -0.4 is 4.72 Å². The minimum atomic E-state index is -3.74. The second-order valence-corrected chi connectivity index (χ2v) is 5.93. The maximum Gasteiger partial charge on any atom is 0.264 e. The van der Waals surface area contributed by atoms with E-state index in [-0.39, 0.29) is 17.5 Å². The highest BCUT2D eigenvalue weighted by atomic mass is 32.2. The van der Waals surface area contributed by atoms with Crippen molar-refractivity contribution in [1.82, 2.24) is 14.8 Å². The molecule has 7 nitrogen and oxygen atoms in total. The fourth-order valence-electron chi connectivity index (χ4n) is 1.65. The molecule has 0 aliphatic rings. The fourth-order valence-corrected chi connectivity index (χ4v) is 2.77. The molecule has 0 aliphatic carbocycles. The average molecular weight is 306 g/mol. The van der Waals surface area contributed by atoms with Crippen molar-refractivity contribution in [3.8, 4) is 11.8 Å². The van der Waals surface area contributed by atoms with Gasteiger partial charge in [-0.3, -0.25) is 0 Å². The Balaban J connectivity index is 2.33. The average Bonchev–Trinajstić information content (AvgIpc) is 2.82. The molecule has 0 fully saturated rings. The van der Waals surface area contributed by atoms with Crippen molar-refractivity contribution < 1.29 is 13.5 Å². The van der Waals surface area contributed by atoms with Gasteiger partial charge in [0.05, 0.1) is 4.90 Å². The first-order valence-electron chi connectivity index (χ1n) is 6.01. The number of hydrogen-bond acceptors (Lipinski definition) is 5. The molecule has 1 aromatic heterocycles. The summed E-state index contributed by atoms with van der Waals surface area (Å²) in [6.07, 6.45) is 1.26. The van der Waals surface area contributed by atoms with Crippen LogP contribution in [0.4, 0.5) is 5.95 Å². The number of nitrogens with one attached hydrogen (secondary N) is 1. The molecule has 0 bridgehead atoms. The number of aliphatic hydroxyl groups excluding tert-OH is 1. The maximum atomic E-state index is 12.3. The number of benzene rings is 1. The van der Waals surface area contributed by atoms with Gasteiger partial charge in [0.1, 0.15) is 12.9 Å². The molecule has 2 N–H and O–H groups in total. The summed E-state index contributed by atoms with van der Waals surface area (Å²) < 4.78 is 28.2. The topological polar surface area (TPSA) is 97.1 Å². The number of sulfonamides is 1. The normalized spacial score (nSPS) is 10.8. The third-order valence-electron chi connectivity index (χ3n) is 2.75. The lowest BCUT2D eigenvalue weighted by atomic mass is 10.1. The van der Waals surface area contributed by atoms with Crippen molar-refractivity contribution in [2.24, 2.45) is 7.05 Å². The number of rotatable bonds is 3. The Morgan fingerprint density at radius 3 is 2.76 bits per heavy atom. The number of anilines is 1. The highest BCUT2D eigenvalue weighted by Crippen LogP contribution is 2.17. The van der Waals surface area contributed by atoms with Crippen LogP contribution in [0.2, 0.25) is 0 Å². The van der Waals surface area contributed by atoms with Gasteiger partial charge in [-0.05, 0) is 30.7 Å². The van der Waals surface area contributed by atoms with E-state index in [1.165, 1.54) is 23.1 Å². The van der Waals surface area contributed by atoms with Gasteiger partial charge in [-0.2, -0.15) is 10.1 Å². The lowest BCUT2D eigenvalue weighted by Crippen LogP contribution is -2.16. The van der Waals surface area contributed by atoms with E-state index in [4.69, 9.17) is 5.11 Å². The van der Waals surface area contributed by atoms with Gasteiger partial charge in [0, 0.05) is 12.6 Å². The van der Waals surface area contributed by atoms with Crippen molar-refractivity contribution in [1.29, 1.82) is 0 Å². The van der Waals surface area contributed by atoms with Gasteiger partial charge < -0.3 is 5.11 Å². The van der Waals surface area contributed by atoms with Crippen LogP contribution in [-0.4, -0.2) is 34.9 Å². The molecule has 2 rings (SSSR count). The summed E-state index contributed by atoms with van der Waals surface area (Å²) in [7, 11) is -2.15. The summed E-state index contributed by atoms with van der Waals surface area (Å²) in [6, 6.07) is 4.57. The molecule has 0 saturated carbocycles. The molecular formula is C13H14N4O3S. The van der Waals surface area contributed by atoms with E-state index in [1.807, 2.05) is 0 Å². The Labute approximate surface area is 122 Å². The molecule has 0 aliphatic heterocycles. The highest BCUT2D eigenvalue weighted by Gasteiger charge is 2.17. The fraction of sp³-hybridized carbons (Fsp3) is 0.231. The van der Waals surface area contributed by atoms with E-state index < -0.39 is 10.0 Å².